The number of ether oxygens (including phenoxy) is 1. The van der Waals surface area contributed by atoms with Crippen LogP contribution >= 0.6 is 0 Å². The Labute approximate surface area is 109 Å². The van der Waals surface area contributed by atoms with Crippen LogP contribution in [0.4, 0.5) is 0 Å². The molecule has 0 saturated heterocycles. The van der Waals surface area contributed by atoms with Crippen LogP contribution in [0.2, 0.25) is 0 Å². The van der Waals surface area contributed by atoms with Crippen molar-refractivity contribution in [3.8, 4) is 0 Å². The molecule has 0 heterocycles. The summed E-state index contributed by atoms with van der Waals surface area (Å²) >= 11 is 0. The van der Waals surface area contributed by atoms with E-state index in [1.807, 2.05) is 6.92 Å². The minimum Gasteiger partial charge on any atom is -0.396 e. The first-order valence-electron chi connectivity index (χ1n) is 6.74. The van der Waals surface area contributed by atoms with Gasteiger partial charge in [-0.05, 0) is 38.0 Å². The van der Waals surface area contributed by atoms with Gasteiger partial charge in [0, 0.05) is 33.4 Å². The Morgan fingerprint density at radius 3 is 2.78 bits per heavy atom. The highest BCUT2D eigenvalue weighted by Crippen LogP contribution is 2.47. The standard InChI is InChI=1S/C13H26N2O3/c1-11(12(17)14-7-3-9-18-2)15-10-13(4-5-13)6-8-16/h11,15-16H,3-10H2,1-2H3,(H,14,17). The first-order valence-corrected chi connectivity index (χ1v) is 6.74. The largest absolute Gasteiger partial charge is 0.396 e. The molecule has 0 aromatic heterocycles. The van der Waals surface area contributed by atoms with Crippen LogP contribution in [0.15, 0.2) is 0 Å². The molecule has 0 radical (unpaired) electrons. The predicted molar refractivity (Wildman–Crippen MR) is 70.3 cm³/mol. The van der Waals surface area contributed by atoms with E-state index in [4.69, 9.17) is 9.84 Å². The fraction of sp³-hybridized carbons (Fsp3) is 0.923. The fourth-order valence-corrected chi connectivity index (χ4v) is 1.97. The summed E-state index contributed by atoms with van der Waals surface area (Å²) in [5.74, 6) is 0.0332. The molecular formula is C13H26N2O3. The Kier molecular flexibility index (Phi) is 6.60. The summed E-state index contributed by atoms with van der Waals surface area (Å²) in [5, 5.41) is 15.1. The number of aliphatic hydroxyl groups excluding tert-OH is 1. The zero-order valence-corrected chi connectivity index (χ0v) is 11.5. The third-order valence-electron chi connectivity index (χ3n) is 3.60. The molecule has 1 aliphatic carbocycles. The van der Waals surface area contributed by atoms with Crippen LogP contribution in [-0.2, 0) is 9.53 Å². The van der Waals surface area contributed by atoms with Crippen LogP contribution in [0.25, 0.3) is 0 Å². The van der Waals surface area contributed by atoms with E-state index in [-0.39, 0.29) is 24.0 Å². The van der Waals surface area contributed by atoms with E-state index in [9.17, 15) is 4.79 Å². The Bertz CT molecular complexity index is 255. The lowest BCUT2D eigenvalue weighted by molar-refractivity contribution is -0.122. The number of carbonyl (C=O) groups is 1. The Hall–Kier alpha value is -0.650. The molecule has 1 aliphatic rings. The normalized spacial score (nSPS) is 18.4. The van der Waals surface area contributed by atoms with E-state index in [0.29, 0.717) is 13.2 Å². The lowest BCUT2D eigenvalue weighted by Gasteiger charge is -2.19. The average Bonchev–Trinajstić information content (AvgIpc) is 3.12. The van der Waals surface area contributed by atoms with Crippen molar-refractivity contribution in [1.29, 1.82) is 0 Å². The van der Waals surface area contributed by atoms with Crippen LogP contribution in [0.5, 0.6) is 0 Å². The summed E-state index contributed by atoms with van der Waals surface area (Å²) in [6.07, 6.45) is 3.98. The molecule has 1 fully saturated rings. The van der Waals surface area contributed by atoms with Gasteiger partial charge < -0.3 is 20.5 Å². The van der Waals surface area contributed by atoms with Gasteiger partial charge in [0.2, 0.25) is 5.91 Å². The van der Waals surface area contributed by atoms with Crippen molar-refractivity contribution in [1.82, 2.24) is 10.6 Å². The van der Waals surface area contributed by atoms with Gasteiger partial charge in [0.05, 0.1) is 6.04 Å². The van der Waals surface area contributed by atoms with Gasteiger partial charge in [-0.15, -0.1) is 0 Å². The Morgan fingerprint density at radius 2 is 2.22 bits per heavy atom. The summed E-state index contributed by atoms with van der Waals surface area (Å²) < 4.78 is 4.92. The predicted octanol–water partition coefficient (Wildman–Crippen LogP) is 0.280. The second-order valence-electron chi connectivity index (χ2n) is 5.21. The maximum Gasteiger partial charge on any atom is 0.236 e. The van der Waals surface area contributed by atoms with Gasteiger partial charge >= 0.3 is 0 Å². The maximum atomic E-state index is 11.7. The minimum atomic E-state index is -0.177. The van der Waals surface area contributed by atoms with Gasteiger partial charge in [-0.25, -0.2) is 0 Å². The van der Waals surface area contributed by atoms with Crippen LogP contribution < -0.4 is 10.6 Å². The van der Waals surface area contributed by atoms with Gasteiger partial charge in [0.1, 0.15) is 0 Å². The third-order valence-corrected chi connectivity index (χ3v) is 3.60. The topological polar surface area (TPSA) is 70.6 Å². The SMILES string of the molecule is COCCCNC(=O)C(C)NCC1(CCO)CC1. The molecule has 0 bridgehead atoms. The molecular weight excluding hydrogens is 232 g/mol. The fourth-order valence-electron chi connectivity index (χ4n) is 1.97. The summed E-state index contributed by atoms with van der Waals surface area (Å²) in [4.78, 5) is 11.7. The number of hydrogen-bond acceptors (Lipinski definition) is 4. The highest BCUT2D eigenvalue weighted by atomic mass is 16.5. The Balaban J connectivity index is 2.12. The van der Waals surface area contributed by atoms with E-state index < -0.39 is 0 Å². The summed E-state index contributed by atoms with van der Waals surface area (Å²) in [6, 6.07) is -0.177. The Morgan fingerprint density at radius 1 is 1.50 bits per heavy atom. The monoisotopic (exact) mass is 258 g/mol. The molecule has 0 spiro atoms. The molecule has 18 heavy (non-hydrogen) atoms. The molecule has 0 aromatic rings. The van der Waals surface area contributed by atoms with E-state index in [1.54, 1.807) is 7.11 Å². The molecule has 1 saturated carbocycles. The maximum absolute atomic E-state index is 11.7. The smallest absolute Gasteiger partial charge is 0.236 e. The van der Waals surface area contributed by atoms with Crippen LogP contribution in [0, 0.1) is 5.41 Å². The van der Waals surface area contributed by atoms with Crippen molar-refractivity contribution in [3.05, 3.63) is 0 Å². The second kappa shape index (κ2) is 7.71. The van der Waals surface area contributed by atoms with Crippen molar-refractivity contribution >= 4 is 5.91 Å². The number of carbonyl (C=O) groups excluding carboxylic acids is 1. The van der Waals surface area contributed by atoms with Gasteiger partial charge in [-0.2, -0.15) is 0 Å². The van der Waals surface area contributed by atoms with Crippen LogP contribution in [0.3, 0.4) is 0 Å². The van der Waals surface area contributed by atoms with Crippen LogP contribution in [0.1, 0.15) is 32.6 Å². The molecule has 106 valence electrons. The molecule has 1 atom stereocenters. The number of nitrogens with one attached hydrogen (secondary N) is 2. The highest BCUT2D eigenvalue weighted by Gasteiger charge is 2.41. The molecule has 0 aromatic carbocycles. The minimum absolute atomic E-state index is 0.0332. The number of amides is 1. The number of hydrogen-bond donors (Lipinski definition) is 3. The number of rotatable bonds is 10. The summed E-state index contributed by atoms with van der Waals surface area (Å²) in [7, 11) is 1.66. The van der Waals surface area contributed by atoms with Crippen molar-refractivity contribution in [2.45, 2.75) is 38.6 Å². The van der Waals surface area contributed by atoms with Crippen molar-refractivity contribution in [2.24, 2.45) is 5.41 Å². The molecule has 5 heteroatoms. The first-order chi connectivity index (χ1) is 8.63. The summed E-state index contributed by atoms with van der Waals surface area (Å²) in [5.41, 5.74) is 0.249. The molecule has 5 nitrogen and oxygen atoms in total. The van der Waals surface area contributed by atoms with E-state index >= 15 is 0 Å². The van der Waals surface area contributed by atoms with Gasteiger partial charge in [-0.3, -0.25) is 4.79 Å². The van der Waals surface area contributed by atoms with Gasteiger partial charge in [0.25, 0.3) is 0 Å². The summed E-state index contributed by atoms with van der Waals surface area (Å²) in [6.45, 7) is 4.25. The lowest BCUT2D eigenvalue weighted by atomic mass is 10.0. The molecule has 1 amide bonds. The molecule has 1 rings (SSSR count). The van der Waals surface area contributed by atoms with E-state index in [0.717, 1.165) is 32.2 Å². The second-order valence-corrected chi connectivity index (χ2v) is 5.21. The molecule has 0 aliphatic heterocycles. The molecule has 3 N–H and O–H groups in total. The number of aliphatic hydroxyl groups is 1. The zero-order chi connectivity index (χ0) is 13.4. The van der Waals surface area contributed by atoms with Crippen molar-refractivity contribution < 1.29 is 14.6 Å². The quantitative estimate of drug-likeness (QED) is 0.492. The van der Waals surface area contributed by atoms with Crippen molar-refractivity contribution in [2.75, 3.05) is 33.4 Å². The number of methoxy groups -OCH3 is 1. The molecule has 1 unspecified atom stereocenters. The zero-order valence-electron chi connectivity index (χ0n) is 11.5. The lowest BCUT2D eigenvalue weighted by Crippen LogP contribution is -2.44. The van der Waals surface area contributed by atoms with Crippen molar-refractivity contribution in [3.63, 3.8) is 0 Å². The highest BCUT2D eigenvalue weighted by molar-refractivity contribution is 5.81. The van der Waals surface area contributed by atoms with E-state index in [1.165, 1.54) is 0 Å². The first kappa shape index (κ1) is 15.4. The third kappa shape index (κ3) is 5.33. The van der Waals surface area contributed by atoms with Crippen LogP contribution in [-0.4, -0.2) is 50.5 Å². The van der Waals surface area contributed by atoms with Gasteiger partial charge in [0.15, 0.2) is 0 Å². The average molecular weight is 258 g/mol. The van der Waals surface area contributed by atoms with E-state index in [2.05, 4.69) is 10.6 Å². The van der Waals surface area contributed by atoms with Gasteiger partial charge in [-0.1, -0.05) is 0 Å².